The molecule has 0 radical (unpaired) electrons. The number of H-pyrrole nitrogens is 1. The largest absolute Gasteiger partial charge is 0.380 e. The van der Waals surface area contributed by atoms with E-state index in [4.69, 9.17) is 4.74 Å². The van der Waals surface area contributed by atoms with Crippen molar-refractivity contribution in [1.82, 2.24) is 14.9 Å². The van der Waals surface area contributed by atoms with Gasteiger partial charge in [0.1, 0.15) is 5.82 Å². The lowest BCUT2D eigenvalue weighted by atomic mass is 9.88. The molecule has 1 aliphatic heterocycles. The van der Waals surface area contributed by atoms with Gasteiger partial charge in [-0.15, -0.1) is 0 Å². The summed E-state index contributed by atoms with van der Waals surface area (Å²) < 4.78 is 5.59. The summed E-state index contributed by atoms with van der Waals surface area (Å²) in [4.78, 5) is 23.5. The lowest BCUT2D eigenvalue weighted by Crippen LogP contribution is -2.33. The highest BCUT2D eigenvalue weighted by Gasteiger charge is 2.39. The number of aromatic nitrogens is 2. The number of fused-ring (bicyclic) bond motifs is 1. The van der Waals surface area contributed by atoms with Crippen molar-refractivity contribution in [1.29, 1.82) is 0 Å². The lowest BCUT2D eigenvalue weighted by Gasteiger charge is -2.26. The third-order valence-electron chi connectivity index (χ3n) is 5.95. The molecule has 1 saturated heterocycles. The van der Waals surface area contributed by atoms with E-state index >= 15 is 0 Å². The van der Waals surface area contributed by atoms with E-state index in [1.165, 1.54) is 17.5 Å². The molecule has 1 aliphatic carbocycles. The van der Waals surface area contributed by atoms with Gasteiger partial charge < -0.3 is 14.6 Å². The quantitative estimate of drug-likeness (QED) is 0.919. The molecule has 0 saturated carbocycles. The highest BCUT2D eigenvalue weighted by molar-refractivity contribution is 5.96. The van der Waals surface area contributed by atoms with E-state index in [0.29, 0.717) is 6.54 Å². The van der Waals surface area contributed by atoms with E-state index in [0.717, 1.165) is 48.5 Å². The summed E-state index contributed by atoms with van der Waals surface area (Å²) in [5.41, 5.74) is 5.50. The molecular weight excluding hydrogens is 326 g/mol. The van der Waals surface area contributed by atoms with Crippen molar-refractivity contribution in [3.05, 3.63) is 52.1 Å². The van der Waals surface area contributed by atoms with Gasteiger partial charge in [-0.25, -0.2) is 4.98 Å². The second-order valence-corrected chi connectivity index (χ2v) is 7.55. The van der Waals surface area contributed by atoms with Crippen LogP contribution in [0.5, 0.6) is 0 Å². The Morgan fingerprint density at radius 1 is 1.27 bits per heavy atom. The molecule has 4 rings (SSSR count). The number of imidazole rings is 1. The van der Waals surface area contributed by atoms with Crippen LogP contribution in [0.1, 0.15) is 64.0 Å². The topological polar surface area (TPSA) is 58.2 Å². The smallest absolute Gasteiger partial charge is 0.254 e. The lowest BCUT2D eigenvalue weighted by molar-refractivity contribution is 0.0683. The standard InChI is InChI=1S/C21H27N3O2/c1-13-14(2)23-20(22-13)19-11-16(26-3)12-24(19)21(25)18-10-6-8-15-7-4-5-9-17(15)18/h6,8,10,16,19H,4-5,7,9,11-12H2,1-3H3,(H,22,23)/t16-,19+/m1/s1. The van der Waals surface area contributed by atoms with Crippen LogP contribution in [0.2, 0.25) is 0 Å². The minimum Gasteiger partial charge on any atom is -0.380 e. The van der Waals surface area contributed by atoms with E-state index in [-0.39, 0.29) is 18.1 Å². The Balaban J connectivity index is 1.69. The highest BCUT2D eigenvalue weighted by Crippen LogP contribution is 2.35. The number of amides is 1. The molecule has 0 spiro atoms. The molecular formula is C21H27N3O2. The summed E-state index contributed by atoms with van der Waals surface area (Å²) in [7, 11) is 1.72. The van der Waals surface area contributed by atoms with E-state index in [1.807, 2.05) is 30.9 Å². The van der Waals surface area contributed by atoms with Crippen LogP contribution in [-0.2, 0) is 17.6 Å². The monoisotopic (exact) mass is 353 g/mol. The first kappa shape index (κ1) is 17.3. The fourth-order valence-corrected chi connectivity index (χ4v) is 4.32. The Labute approximate surface area is 154 Å². The van der Waals surface area contributed by atoms with Crippen molar-refractivity contribution in [3.8, 4) is 0 Å². The minimum absolute atomic E-state index is 0.0502. The Kier molecular flexibility index (Phi) is 4.57. The molecule has 5 heteroatoms. The maximum Gasteiger partial charge on any atom is 0.254 e. The highest BCUT2D eigenvalue weighted by atomic mass is 16.5. The number of nitrogens with one attached hydrogen (secondary N) is 1. The van der Waals surface area contributed by atoms with Crippen molar-refractivity contribution in [3.63, 3.8) is 0 Å². The second kappa shape index (κ2) is 6.88. The van der Waals surface area contributed by atoms with Gasteiger partial charge in [-0.2, -0.15) is 0 Å². The molecule has 2 aliphatic rings. The van der Waals surface area contributed by atoms with Crippen molar-refractivity contribution < 1.29 is 9.53 Å². The number of carbonyl (C=O) groups is 1. The van der Waals surface area contributed by atoms with Crippen LogP contribution in [0.3, 0.4) is 0 Å². The van der Waals surface area contributed by atoms with Gasteiger partial charge in [-0.05, 0) is 56.7 Å². The fraction of sp³-hybridized carbons (Fsp3) is 0.524. The van der Waals surface area contributed by atoms with Crippen LogP contribution in [-0.4, -0.2) is 40.5 Å². The number of likely N-dealkylation sites (tertiary alicyclic amines) is 1. The molecule has 1 fully saturated rings. The average molecular weight is 353 g/mol. The van der Waals surface area contributed by atoms with Gasteiger partial charge >= 0.3 is 0 Å². The van der Waals surface area contributed by atoms with Gasteiger partial charge in [-0.1, -0.05) is 12.1 Å². The number of benzene rings is 1. The number of methoxy groups -OCH3 is 1. The summed E-state index contributed by atoms with van der Waals surface area (Å²) in [5, 5.41) is 0. The Morgan fingerprint density at radius 2 is 2.08 bits per heavy atom. The first-order valence-electron chi connectivity index (χ1n) is 9.56. The number of nitrogens with zero attached hydrogens (tertiary/aromatic N) is 2. The molecule has 2 aromatic rings. The zero-order valence-electron chi connectivity index (χ0n) is 15.8. The molecule has 2 atom stereocenters. The predicted molar refractivity (Wildman–Crippen MR) is 100 cm³/mol. The minimum atomic E-state index is -0.0562. The first-order valence-corrected chi connectivity index (χ1v) is 9.56. The van der Waals surface area contributed by atoms with E-state index in [1.54, 1.807) is 7.11 Å². The van der Waals surface area contributed by atoms with Crippen LogP contribution in [0.25, 0.3) is 0 Å². The van der Waals surface area contributed by atoms with Crippen LogP contribution in [0, 0.1) is 13.8 Å². The Hall–Kier alpha value is -2.14. The normalized spacial score (nSPS) is 22.5. The maximum atomic E-state index is 13.5. The molecule has 2 heterocycles. The summed E-state index contributed by atoms with van der Waals surface area (Å²) in [5.74, 6) is 0.984. The molecule has 138 valence electrons. The molecule has 0 bridgehead atoms. The number of rotatable bonds is 3. The van der Waals surface area contributed by atoms with Gasteiger partial charge in [0.05, 0.1) is 17.8 Å². The number of hydrogen-bond donors (Lipinski definition) is 1. The van der Waals surface area contributed by atoms with Crippen LogP contribution in [0.4, 0.5) is 0 Å². The zero-order valence-corrected chi connectivity index (χ0v) is 15.8. The van der Waals surface area contributed by atoms with E-state index < -0.39 is 0 Å². The van der Waals surface area contributed by atoms with Crippen molar-refractivity contribution >= 4 is 5.91 Å². The Bertz CT molecular complexity index is 807. The summed E-state index contributed by atoms with van der Waals surface area (Å²) in [6.07, 6.45) is 5.30. The zero-order chi connectivity index (χ0) is 18.3. The van der Waals surface area contributed by atoms with Crippen LogP contribution in [0.15, 0.2) is 18.2 Å². The third-order valence-corrected chi connectivity index (χ3v) is 5.95. The molecule has 1 aromatic carbocycles. The number of ether oxygens (including phenoxy) is 1. The number of aromatic amines is 1. The van der Waals surface area contributed by atoms with E-state index in [2.05, 4.69) is 16.0 Å². The Morgan fingerprint density at radius 3 is 2.81 bits per heavy atom. The first-order chi connectivity index (χ1) is 12.6. The van der Waals surface area contributed by atoms with Crippen molar-refractivity contribution in [2.75, 3.05) is 13.7 Å². The molecule has 1 N–H and O–H groups in total. The predicted octanol–water partition coefficient (Wildman–Crippen LogP) is 3.51. The van der Waals surface area contributed by atoms with Gasteiger partial charge in [0.25, 0.3) is 5.91 Å². The molecule has 5 nitrogen and oxygen atoms in total. The number of hydrogen-bond acceptors (Lipinski definition) is 3. The summed E-state index contributed by atoms with van der Waals surface area (Å²) in [6, 6.07) is 6.13. The maximum absolute atomic E-state index is 13.5. The van der Waals surface area contributed by atoms with Crippen molar-refractivity contribution in [2.24, 2.45) is 0 Å². The average Bonchev–Trinajstić information content (AvgIpc) is 3.24. The second-order valence-electron chi connectivity index (χ2n) is 7.55. The molecule has 26 heavy (non-hydrogen) atoms. The van der Waals surface area contributed by atoms with Gasteiger partial charge in [0.15, 0.2) is 0 Å². The van der Waals surface area contributed by atoms with Gasteiger partial charge in [0, 0.05) is 31.3 Å². The summed E-state index contributed by atoms with van der Waals surface area (Å²) >= 11 is 0. The number of aryl methyl sites for hydroxylation is 3. The van der Waals surface area contributed by atoms with Gasteiger partial charge in [0.2, 0.25) is 0 Å². The third kappa shape index (κ3) is 2.94. The van der Waals surface area contributed by atoms with Crippen molar-refractivity contribution in [2.45, 2.75) is 58.1 Å². The van der Waals surface area contributed by atoms with E-state index in [9.17, 15) is 4.79 Å². The SMILES string of the molecule is CO[C@@H]1C[C@@H](c2nc(C)c(C)[nH]2)N(C(=O)c2cccc3c2CCCC3)C1. The fourth-order valence-electron chi connectivity index (χ4n) is 4.32. The number of carbonyl (C=O) groups excluding carboxylic acids is 1. The molecule has 0 unspecified atom stereocenters. The van der Waals surface area contributed by atoms with Crippen LogP contribution >= 0.6 is 0 Å². The molecule has 1 aromatic heterocycles. The molecule has 1 amide bonds. The summed E-state index contributed by atoms with van der Waals surface area (Å²) in [6.45, 7) is 4.63. The van der Waals surface area contributed by atoms with Crippen LogP contribution < -0.4 is 0 Å². The van der Waals surface area contributed by atoms with Gasteiger partial charge in [-0.3, -0.25) is 4.79 Å².